The van der Waals surface area contributed by atoms with E-state index in [4.69, 9.17) is 18.0 Å². The van der Waals surface area contributed by atoms with Gasteiger partial charge in [0, 0.05) is 51.5 Å². The minimum Gasteiger partial charge on any atom is -0.393 e. The minimum atomic E-state index is 0.545. The topological polar surface area (TPSA) is 58.3 Å². The third-order valence-electron chi connectivity index (χ3n) is 4.08. The van der Waals surface area contributed by atoms with Crippen LogP contribution in [-0.4, -0.2) is 46.0 Å². The quantitative estimate of drug-likeness (QED) is 0.843. The molecule has 1 aromatic heterocycles. The first-order valence-corrected chi connectivity index (χ1v) is 8.22. The van der Waals surface area contributed by atoms with Crippen molar-refractivity contribution in [2.45, 2.75) is 13.0 Å². The molecule has 1 aliphatic rings. The highest BCUT2D eigenvalue weighted by Crippen LogP contribution is 2.16. The summed E-state index contributed by atoms with van der Waals surface area (Å²) in [6.45, 7) is 4.82. The molecule has 3 rings (SSSR count). The molecule has 1 aliphatic heterocycles. The number of rotatable bonds is 5. The molecule has 1 aromatic carbocycles. The van der Waals surface area contributed by atoms with Crippen molar-refractivity contribution >= 4 is 23.2 Å². The predicted octanol–water partition coefficient (Wildman–Crippen LogP) is 1.63. The average Bonchev–Trinajstić information content (AvgIpc) is 2.58. The average molecular weight is 327 g/mol. The molecule has 0 unspecified atom stereocenters. The van der Waals surface area contributed by atoms with E-state index in [2.05, 4.69) is 38.0 Å². The summed E-state index contributed by atoms with van der Waals surface area (Å²) in [7, 11) is 0. The van der Waals surface area contributed by atoms with Crippen molar-refractivity contribution in [3.05, 3.63) is 53.9 Å². The van der Waals surface area contributed by atoms with E-state index >= 15 is 0 Å². The van der Waals surface area contributed by atoms with E-state index in [0.717, 1.165) is 38.7 Å². The molecule has 0 bridgehead atoms. The Kier molecular flexibility index (Phi) is 5.15. The Hall–Kier alpha value is -2.05. The van der Waals surface area contributed by atoms with Crippen LogP contribution in [0.1, 0.15) is 11.1 Å². The summed E-state index contributed by atoms with van der Waals surface area (Å²) in [5, 5.41) is 0. The van der Waals surface area contributed by atoms with Crippen LogP contribution in [0.2, 0.25) is 0 Å². The largest absolute Gasteiger partial charge is 0.393 e. The Morgan fingerprint density at radius 3 is 2.30 bits per heavy atom. The summed E-state index contributed by atoms with van der Waals surface area (Å²) in [6.07, 6.45) is 4.25. The lowest BCUT2D eigenvalue weighted by molar-refractivity contribution is 0.248. The number of aromatic nitrogens is 2. The van der Waals surface area contributed by atoms with Crippen molar-refractivity contribution in [1.82, 2.24) is 14.9 Å². The van der Waals surface area contributed by atoms with E-state index in [1.807, 2.05) is 12.1 Å². The fourth-order valence-corrected chi connectivity index (χ4v) is 3.03. The fraction of sp³-hybridized carbons (Fsp3) is 0.353. The van der Waals surface area contributed by atoms with Gasteiger partial charge in [-0.15, -0.1) is 0 Å². The molecule has 0 amide bonds. The maximum Gasteiger partial charge on any atom is 0.225 e. The van der Waals surface area contributed by atoms with Crippen LogP contribution >= 0.6 is 12.2 Å². The Balaban J connectivity index is 1.60. The first-order chi connectivity index (χ1) is 11.2. The molecule has 0 spiro atoms. The maximum atomic E-state index is 5.71. The molecule has 2 N–H and O–H groups in total. The van der Waals surface area contributed by atoms with Gasteiger partial charge in [0.25, 0.3) is 0 Å². The van der Waals surface area contributed by atoms with Gasteiger partial charge in [-0.05, 0) is 17.2 Å². The molecule has 2 aromatic rings. The van der Waals surface area contributed by atoms with Crippen molar-refractivity contribution in [2.75, 3.05) is 31.1 Å². The Bertz CT molecular complexity index is 653. The highest BCUT2D eigenvalue weighted by Gasteiger charge is 2.19. The smallest absolute Gasteiger partial charge is 0.225 e. The number of hydrogen-bond donors (Lipinski definition) is 1. The summed E-state index contributed by atoms with van der Waals surface area (Å²) in [4.78, 5) is 13.9. The molecule has 2 heterocycles. The van der Waals surface area contributed by atoms with Crippen LogP contribution in [0.4, 0.5) is 5.95 Å². The lowest BCUT2D eigenvalue weighted by Gasteiger charge is -2.35. The van der Waals surface area contributed by atoms with Gasteiger partial charge in [0.15, 0.2) is 0 Å². The number of nitrogens with two attached hydrogens (primary N) is 1. The van der Waals surface area contributed by atoms with Crippen molar-refractivity contribution in [3.63, 3.8) is 0 Å². The van der Waals surface area contributed by atoms with E-state index < -0.39 is 0 Å². The zero-order valence-corrected chi connectivity index (χ0v) is 13.9. The van der Waals surface area contributed by atoms with Gasteiger partial charge in [-0.3, -0.25) is 4.90 Å². The van der Waals surface area contributed by atoms with E-state index in [-0.39, 0.29) is 0 Å². The van der Waals surface area contributed by atoms with Crippen LogP contribution in [0.5, 0.6) is 0 Å². The Morgan fingerprint density at radius 1 is 1.00 bits per heavy atom. The standard InChI is InChI=1S/C17H21N5S/c18-16(23)12-14-4-1-2-5-15(14)13-21-8-10-22(11-9-21)17-19-6-3-7-20-17/h1-7H,8-13H2,(H2,18,23). The van der Waals surface area contributed by atoms with Gasteiger partial charge in [0.2, 0.25) is 5.95 Å². The van der Waals surface area contributed by atoms with Gasteiger partial charge in [-0.2, -0.15) is 0 Å². The van der Waals surface area contributed by atoms with Crippen LogP contribution in [-0.2, 0) is 13.0 Å². The number of hydrogen-bond acceptors (Lipinski definition) is 5. The van der Waals surface area contributed by atoms with Crippen LogP contribution < -0.4 is 10.6 Å². The zero-order valence-electron chi connectivity index (χ0n) is 13.1. The highest BCUT2D eigenvalue weighted by molar-refractivity contribution is 7.80. The third kappa shape index (κ3) is 4.24. The van der Waals surface area contributed by atoms with Crippen LogP contribution in [0, 0.1) is 0 Å². The van der Waals surface area contributed by atoms with E-state index in [0.29, 0.717) is 11.4 Å². The zero-order chi connectivity index (χ0) is 16.1. The highest BCUT2D eigenvalue weighted by atomic mass is 32.1. The van der Waals surface area contributed by atoms with E-state index in [1.165, 1.54) is 11.1 Å². The Morgan fingerprint density at radius 2 is 1.65 bits per heavy atom. The third-order valence-corrected chi connectivity index (χ3v) is 4.23. The fourth-order valence-electron chi connectivity index (χ4n) is 2.87. The number of nitrogens with zero attached hydrogens (tertiary/aromatic N) is 4. The molecule has 1 fully saturated rings. The molecule has 6 heteroatoms. The van der Waals surface area contributed by atoms with Gasteiger partial charge in [0.1, 0.15) is 0 Å². The number of thiocarbonyl (C=S) groups is 1. The van der Waals surface area contributed by atoms with Gasteiger partial charge >= 0.3 is 0 Å². The molecular formula is C17H21N5S. The van der Waals surface area contributed by atoms with Gasteiger partial charge in [0.05, 0.1) is 4.99 Å². The van der Waals surface area contributed by atoms with Crippen molar-refractivity contribution in [2.24, 2.45) is 5.73 Å². The first kappa shape index (κ1) is 15.8. The van der Waals surface area contributed by atoms with Crippen molar-refractivity contribution in [1.29, 1.82) is 0 Å². The molecule has 5 nitrogen and oxygen atoms in total. The molecule has 0 radical (unpaired) electrons. The molecule has 1 saturated heterocycles. The van der Waals surface area contributed by atoms with Gasteiger partial charge < -0.3 is 10.6 Å². The van der Waals surface area contributed by atoms with E-state index in [9.17, 15) is 0 Å². The second-order valence-corrected chi connectivity index (χ2v) is 6.25. The minimum absolute atomic E-state index is 0.545. The summed E-state index contributed by atoms with van der Waals surface area (Å²) in [6, 6.07) is 10.2. The normalized spacial score (nSPS) is 15.6. The Labute approximate surface area is 142 Å². The van der Waals surface area contributed by atoms with Gasteiger partial charge in [-0.1, -0.05) is 36.5 Å². The van der Waals surface area contributed by atoms with Crippen molar-refractivity contribution < 1.29 is 0 Å². The molecular weight excluding hydrogens is 306 g/mol. The van der Waals surface area contributed by atoms with Crippen LogP contribution in [0.25, 0.3) is 0 Å². The predicted molar refractivity (Wildman–Crippen MR) is 96.5 cm³/mol. The summed E-state index contributed by atoms with van der Waals surface area (Å²) >= 11 is 5.05. The lowest BCUT2D eigenvalue weighted by Crippen LogP contribution is -2.46. The summed E-state index contributed by atoms with van der Waals surface area (Å²) < 4.78 is 0. The second-order valence-electron chi connectivity index (χ2n) is 5.72. The number of piperazine rings is 1. The van der Waals surface area contributed by atoms with E-state index in [1.54, 1.807) is 12.4 Å². The lowest BCUT2D eigenvalue weighted by atomic mass is 10.0. The molecule has 120 valence electrons. The number of benzene rings is 1. The maximum absolute atomic E-state index is 5.71. The molecule has 23 heavy (non-hydrogen) atoms. The van der Waals surface area contributed by atoms with Crippen LogP contribution in [0.3, 0.4) is 0 Å². The molecule has 0 aliphatic carbocycles. The molecule has 0 saturated carbocycles. The van der Waals surface area contributed by atoms with Crippen molar-refractivity contribution in [3.8, 4) is 0 Å². The monoisotopic (exact) mass is 327 g/mol. The second kappa shape index (κ2) is 7.48. The summed E-state index contributed by atoms with van der Waals surface area (Å²) in [5.41, 5.74) is 8.25. The summed E-state index contributed by atoms with van der Waals surface area (Å²) in [5.74, 6) is 0.820. The SMILES string of the molecule is NC(=S)Cc1ccccc1CN1CCN(c2ncccn2)CC1. The number of anilines is 1. The van der Waals surface area contributed by atoms with Gasteiger partial charge in [-0.25, -0.2) is 9.97 Å². The molecule has 0 atom stereocenters. The van der Waals surface area contributed by atoms with Crippen LogP contribution in [0.15, 0.2) is 42.7 Å². The first-order valence-electron chi connectivity index (χ1n) is 7.82.